The maximum atomic E-state index is 5.36. The Morgan fingerprint density at radius 1 is 1.25 bits per heavy atom. The normalized spacial score (nSPS) is 9.25. The van der Waals surface area contributed by atoms with Crippen LogP contribution in [0.3, 0.4) is 0 Å². The highest BCUT2D eigenvalue weighted by Crippen LogP contribution is 2.11. The first-order valence-electron chi connectivity index (χ1n) is 1.79. The Kier molecular flexibility index (Phi) is 1.60. The zero-order valence-corrected chi connectivity index (χ0v) is 5.19. The Labute approximate surface area is 55.7 Å². The molecule has 0 aromatic carbocycles. The average molecular weight is 150 g/mol. The SMILES string of the molecule is Clc1ncnnc1Cl. The topological polar surface area (TPSA) is 38.7 Å². The average Bonchev–Trinajstić information content (AvgIpc) is 1.77. The van der Waals surface area contributed by atoms with E-state index >= 15 is 0 Å². The third-order valence-corrected chi connectivity index (χ3v) is 1.17. The predicted octanol–water partition coefficient (Wildman–Crippen LogP) is 1.18. The molecular weight excluding hydrogens is 149 g/mol. The van der Waals surface area contributed by atoms with Crippen molar-refractivity contribution in [3.05, 3.63) is 16.6 Å². The van der Waals surface area contributed by atoms with Gasteiger partial charge in [-0.15, -0.1) is 10.2 Å². The molecule has 1 rings (SSSR count). The lowest BCUT2D eigenvalue weighted by Gasteiger charge is -1.85. The van der Waals surface area contributed by atoms with Crippen molar-refractivity contribution in [3.63, 3.8) is 0 Å². The molecule has 0 aliphatic heterocycles. The van der Waals surface area contributed by atoms with Gasteiger partial charge in [0.05, 0.1) is 0 Å². The summed E-state index contributed by atoms with van der Waals surface area (Å²) < 4.78 is 0. The third kappa shape index (κ3) is 1.05. The summed E-state index contributed by atoms with van der Waals surface area (Å²) in [7, 11) is 0. The molecule has 0 aliphatic carbocycles. The molecule has 0 bridgehead atoms. The van der Waals surface area contributed by atoms with Gasteiger partial charge in [0.15, 0.2) is 10.3 Å². The van der Waals surface area contributed by atoms with Crippen molar-refractivity contribution in [3.8, 4) is 0 Å². The van der Waals surface area contributed by atoms with Crippen molar-refractivity contribution >= 4 is 23.2 Å². The Bertz CT molecular complexity index is 169. The lowest BCUT2D eigenvalue weighted by molar-refractivity contribution is 0.970. The lowest BCUT2D eigenvalue weighted by atomic mass is 10.9. The first-order valence-corrected chi connectivity index (χ1v) is 2.55. The summed E-state index contributed by atoms with van der Waals surface area (Å²) in [6, 6.07) is 0. The Balaban J connectivity index is 3.13. The fourth-order valence-electron chi connectivity index (χ4n) is 0.248. The molecule has 5 heteroatoms. The molecule has 8 heavy (non-hydrogen) atoms. The minimum Gasteiger partial charge on any atom is -0.219 e. The van der Waals surface area contributed by atoms with Crippen LogP contribution in [0.1, 0.15) is 0 Å². The van der Waals surface area contributed by atoms with Gasteiger partial charge in [0, 0.05) is 0 Å². The number of hydrogen-bond acceptors (Lipinski definition) is 3. The summed E-state index contributed by atoms with van der Waals surface area (Å²) in [5.41, 5.74) is 0. The fraction of sp³-hybridized carbons (Fsp3) is 0. The number of aromatic nitrogens is 3. The summed E-state index contributed by atoms with van der Waals surface area (Å²) in [5.74, 6) is 0. The molecule has 42 valence electrons. The molecule has 0 N–H and O–H groups in total. The van der Waals surface area contributed by atoms with E-state index in [1.807, 2.05) is 0 Å². The second-order valence-corrected chi connectivity index (χ2v) is 1.76. The number of rotatable bonds is 0. The van der Waals surface area contributed by atoms with Crippen LogP contribution in [0.2, 0.25) is 10.3 Å². The first kappa shape index (κ1) is 5.72. The maximum Gasteiger partial charge on any atom is 0.189 e. The highest BCUT2D eigenvalue weighted by atomic mass is 35.5. The molecule has 0 fully saturated rings. The van der Waals surface area contributed by atoms with Gasteiger partial charge in [-0.3, -0.25) is 0 Å². The molecule has 3 nitrogen and oxygen atoms in total. The molecule has 1 aromatic heterocycles. The Morgan fingerprint density at radius 2 is 2.00 bits per heavy atom. The van der Waals surface area contributed by atoms with E-state index in [2.05, 4.69) is 15.2 Å². The van der Waals surface area contributed by atoms with E-state index in [-0.39, 0.29) is 10.3 Å². The molecule has 0 aliphatic rings. The van der Waals surface area contributed by atoms with Gasteiger partial charge in [0.25, 0.3) is 0 Å². The van der Waals surface area contributed by atoms with E-state index in [1.165, 1.54) is 6.33 Å². The summed E-state index contributed by atoms with van der Waals surface area (Å²) in [6.45, 7) is 0. The molecule has 0 atom stereocenters. The largest absolute Gasteiger partial charge is 0.219 e. The highest BCUT2D eigenvalue weighted by molar-refractivity contribution is 6.40. The number of halogens is 2. The monoisotopic (exact) mass is 149 g/mol. The van der Waals surface area contributed by atoms with Gasteiger partial charge >= 0.3 is 0 Å². The van der Waals surface area contributed by atoms with Crippen LogP contribution < -0.4 is 0 Å². The molecule has 0 saturated heterocycles. The van der Waals surface area contributed by atoms with E-state index in [0.717, 1.165) is 0 Å². The number of hydrogen-bond donors (Lipinski definition) is 0. The lowest BCUT2D eigenvalue weighted by Crippen LogP contribution is -1.83. The van der Waals surface area contributed by atoms with Gasteiger partial charge in [-0.05, 0) is 0 Å². The maximum absolute atomic E-state index is 5.36. The Morgan fingerprint density at radius 3 is 2.38 bits per heavy atom. The first-order chi connectivity index (χ1) is 3.80. The van der Waals surface area contributed by atoms with Crippen LogP contribution >= 0.6 is 23.2 Å². The number of nitrogens with zero attached hydrogens (tertiary/aromatic N) is 3. The zero-order valence-electron chi connectivity index (χ0n) is 3.67. The van der Waals surface area contributed by atoms with Crippen LogP contribution in [-0.4, -0.2) is 15.2 Å². The fourth-order valence-corrected chi connectivity index (χ4v) is 0.421. The van der Waals surface area contributed by atoms with E-state index in [9.17, 15) is 0 Å². The van der Waals surface area contributed by atoms with Crippen LogP contribution in [0.25, 0.3) is 0 Å². The minimum atomic E-state index is 0.133. The van der Waals surface area contributed by atoms with Crippen LogP contribution in [-0.2, 0) is 0 Å². The van der Waals surface area contributed by atoms with Crippen molar-refractivity contribution in [2.45, 2.75) is 0 Å². The van der Waals surface area contributed by atoms with Gasteiger partial charge in [0.2, 0.25) is 0 Å². The van der Waals surface area contributed by atoms with Gasteiger partial charge in [0.1, 0.15) is 6.33 Å². The van der Waals surface area contributed by atoms with Crippen molar-refractivity contribution in [1.82, 2.24) is 15.2 Å². The van der Waals surface area contributed by atoms with Gasteiger partial charge in [-0.25, -0.2) is 4.98 Å². The molecule has 0 saturated carbocycles. The molecule has 1 aromatic rings. The molecule has 1 heterocycles. The summed E-state index contributed by atoms with van der Waals surface area (Å²) in [4.78, 5) is 3.54. The van der Waals surface area contributed by atoms with Gasteiger partial charge < -0.3 is 0 Å². The van der Waals surface area contributed by atoms with E-state index in [4.69, 9.17) is 23.2 Å². The van der Waals surface area contributed by atoms with Gasteiger partial charge in [-0.2, -0.15) is 0 Å². The predicted molar refractivity (Wildman–Crippen MR) is 29.8 cm³/mol. The highest BCUT2D eigenvalue weighted by Gasteiger charge is 1.94. The van der Waals surface area contributed by atoms with Crippen LogP contribution in [0.4, 0.5) is 0 Å². The quantitative estimate of drug-likeness (QED) is 0.557. The van der Waals surface area contributed by atoms with Crippen molar-refractivity contribution in [2.75, 3.05) is 0 Å². The van der Waals surface area contributed by atoms with Crippen molar-refractivity contribution < 1.29 is 0 Å². The molecule has 0 amide bonds. The minimum absolute atomic E-state index is 0.133. The second-order valence-electron chi connectivity index (χ2n) is 1.04. The molecular formula is C3HCl2N3. The van der Waals surface area contributed by atoms with Crippen LogP contribution in [0, 0.1) is 0 Å². The molecule has 0 spiro atoms. The van der Waals surface area contributed by atoms with Crippen LogP contribution in [0.5, 0.6) is 0 Å². The van der Waals surface area contributed by atoms with E-state index in [0.29, 0.717) is 0 Å². The standard InChI is InChI=1S/C3HCl2N3/c4-2-3(5)8-7-1-6-2/h1H. The summed E-state index contributed by atoms with van der Waals surface area (Å²) in [5, 5.41) is 7.08. The zero-order chi connectivity index (χ0) is 5.98. The third-order valence-electron chi connectivity index (χ3n) is 0.538. The van der Waals surface area contributed by atoms with Crippen molar-refractivity contribution in [2.24, 2.45) is 0 Å². The smallest absolute Gasteiger partial charge is 0.189 e. The molecule has 0 radical (unpaired) electrons. The van der Waals surface area contributed by atoms with E-state index < -0.39 is 0 Å². The van der Waals surface area contributed by atoms with E-state index in [1.54, 1.807) is 0 Å². The Hall–Kier alpha value is -0.410. The van der Waals surface area contributed by atoms with Crippen LogP contribution in [0.15, 0.2) is 6.33 Å². The summed E-state index contributed by atoms with van der Waals surface area (Å²) in [6.07, 6.45) is 1.23. The second kappa shape index (κ2) is 2.24. The molecule has 0 unspecified atom stereocenters. The summed E-state index contributed by atoms with van der Waals surface area (Å²) >= 11 is 10.7. The van der Waals surface area contributed by atoms with Crippen molar-refractivity contribution in [1.29, 1.82) is 0 Å². The van der Waals surface area contributed by atoms with Gasteiger partial charge in [-0.1, -0.05) is 23.2 Å².